The molecule has 1 aliphatic rings. The molecule has 0 unspecified atom stereocenters. The van der Waals surface area contributed by atoms with Crippen LogP contribution in [0.1, 0.15) is 32.1 Å². The first-order valence-corrected chi connectivity index (χ1v) is 7.43. The quantitative estimate of drug-likeness (QED) is 0.856. The molecule has 3 heteroatoms. The fraction of sp³-hybridized carbons (Fsp3) is 0.625. The van der Waals surface area contributed by atoms with E-state index in [2.05, 4.69) is 17.0 Å². The third-order valence-electron chi connectivity index (χ3n) is 4.03. The molecule has 0 aromatic heterocycles. The van der Waals surface area contributed by atoms with E-state index >= 15 is 0 Å². The number of ether oxygens (including phenoxy) is 1. The summed E-state index contributed by atoms with van der Waals surface area (Å²) in [6.07, 6.45) is 6.88. The van der Waals surface area contributed by atoms with Crippen LogP contribution in [-0.2, 0) is 0 Å². The van der Waals surface area contributed by atoms with Crippen molar-refractivity contribution in [1.82, 2.24) is 0 Å². The van der Waals surface area contributed by atoms with Crippen LogP contribution in [0, 0.1) is 5.92 Å². The van der Waals surface area contributed by atoms with Crippen LogP contribution in [-0.4, -0.2) is 26.7 Å². The van der Waals surface area contributed by atoms with Crippen molar-refractivity contribution in [3.05, 3.63) is 24.3 Å². The van der Waals surface area contributed by atoms with E-state index in [1.54, 1.807) is 7.11 Å². The minimum Gasteiger partial charge on any atom is -0.495 e. The van der Waals surface area contributed by atoms with E-state index < -0.39 is 0 Å². The van der Waals surface area contributed by atoms with Crippen molar-refractivity contribution in [2.75, 3.05) is 31.6 Å². The van der Waals surface area contributed by atoms with Gasteiger partial charge in [0, 0.05) is 19.6 Å². The molecule has 2 rings (SSSR count). The van der Waals surface area contributed by atoms with Crippen molar-refractivity contribution in [3.63, 3.8) is 0 Å². The molecule has 0 heterocycles. The number of nitrogens with zero attached hydrogens (tertiary/aromatic N) is 1. The van der Waals surface area contributed by atoms with Crippen LogP contribution in [0.4, 0.5) is 5.69 Å². The SMILES string of the molecule is COc1ccccc1N(CCN)CC1CCCCC1. The summed E-state index contributed by atoms with van der Waals surface area (Å²) in [6.45, 7) is 2.69. The van der Waals surface area contributed by atoms with Crippen LogP contribution in [0.25, 0.3) is 0 Å². The molecule has 1 fully saturated rings. The van der Waals surface area contributed by atoms with Gasteiger partial charge in [0.25, 0.3) is 0 Å². The maximum Gasteiger partial charge on any atom is 0.142 e. The average Bonchev–Trinajstić information content (AvgIpc) is 2.48. The highest BCUT2D eigenvalue weighted by atomic mass is 16.5. The second kappa shape index (κ2) is 7.39. The Labute approximate surface area is 116 Å². The molecule has 1 aromatic carbocycles. The van der Waals surface area contributed by atoms with Crippen LogP contribution < -0.4 is 15.4 Å². The topological polar surface area (TPSA) is 38.5 Å². The van der Waals surface area contributed by atoms with Crippen molar-refractivity contribution in [3.8, 4) is 5.75 Å². The third-order valence-corrected chi connectivity index (χ3v) is 4.03. The Bertz CT molecular complexity index is 375. The minimum atomic E-state index is 0.685. The predicted molar refractivity (Wildman–Crippen MR) is 80.8 cm³/mol. The van der Waals surface area contributed by atoms with E-state index in [1.165, 1.54) is 37.8 Å². The summed E-state index contributed by atoms with van der Waals surface area (Å²) in [5.74, 6) is 1.76. The Morgan fingerprint density at radius 1 is 1.21 bits per heavy atom. The molecule has 1 aliphatic carbocycles. The molecule has 1 aromatic rings. The van der Waals surface area contributed by atoms with Gasteiger partial charge in [0.1, 0.15) is 5.75 Å². The van der Waals surface area contributed by atoms with Gasteiger partial charge >= 0.3 is 0 Å². The first-order valence-electron chi connectivity index (χ1n) is 7.43. The smallest absolute Gasteiger partial charge is 0.142 e. The Morgan fingerprint density at radius 2 is 1.95 bits per heavy atom. The van der Waals surface area contributed by atoms with Gasteiger partial charge < -0.3 is 15.4 Å². The second-order valence-corrected chi connectivity index (χ2v) is 5.41. The summed E-state index contributed by atoms with van der Waals surface area (Å²) < 4.78 is 5.48. The lowest BCUT2D eigenvalue weighted by atomic mass is 9.89. The van der Waals surface area contributed by atoms with E-state index in [0.717, 1.165) is 24.8 Å². The van der Waals surface area contributed by atoms with Crippen molar-refractivity contribution in [1.29, 1.82) is 0 Å². The monoisotopic (exact) mass is 262 g/mol. The highest BCUT2D eigenvalue weighted by molar-refractivity contribution is 5.58. The predicted octanol–water partition coefficient (Wildman–Crippen LogP) is 3.04. The molecular formula is C16H26N2O. The Morgan fingerprint density at radius 3 is 2.63 bits per heavy atom. The molecule has 1 saturated carbocycles. The summed E-state index contributed by atoms with van der Waals surface area (Å²) in [4.78, 5) is 2.40. The van der Waals surface area contributed by atoms with Gasteiger partial charge in [0.05, 0.1) is 12.8 Å². The summed E-state index contributed by atoms with van der Waals surface area (Å²) in [6, 6.07) is 8.25. The van der Waals surface area contributed by atoms with E-state index in [9.17, 15) is 0 Å². The molecule has 2 N–H and O–H groups in total. The lowest BCUT2D eigenvalue weighted by molar-refractivity contribution is 0.356. The van der Waals surface area contributed by atoms with Gasteiger partial charge in [-0.15, -0.1) is 0 Å². The summed E-state index contributed by atoms with van der Waals surface area (Å²) >= 11 is 0. The number of anilines is 1. The van der Waals surface area contributed by atoms with Crippen LogP contribution in [0.15, 0.2) is 24.3 Å². The Hall–Kier alpha value is -1.22. The zero-order valence-corrected chi connectivity index (χ0v) is 12.0. The molecule has 0 saturated heterocycles. The number of hydrogen-bond donors (Lipinski definition) is 1. The van der Waals surface area contributed by atoms with Gasteiger partial charge in [0.2, 0.25) is 0 Å². The lowest BCUT2D eigenvalue weighted by Crippen LogP contribution is -2.34. The van der Waals surface area contributed by atoms with Crippen molar-refractivity contribution in [2.45, 2.75) is 32.1 Å². The van der Waals surface area contributed by atoms with Crippen molar-refractivity contribution < 1.29 is 4.74 Å². The van der Waals surface area contributed by atoms with E-state index in [-0.39, 0.29) is 0 Å². The first-order chi connectivity index (χ1) is 9.35. The molecule has 0 spiro atoms. The maximum atomic E-state index is 5.78. The van der Waals surface area contributed by atoms with Crippen LogP contribution >= 0.6 is 0 Å². The molecule has 19 heavy (non-hydrogen) atoms. The van der Waals surface area contributed by atoms with Crippen LogP contribution in [0.3, 0.4) is 0 Å². The van der Waals surface area contributed by atoms with Crippen LogP contribution in [0.2, 0.25) is 0 Å². The second-order valence-electron chi connectivity index (χ2n) is 5.41. The summed E-state index contributed by atoms with van der Waals surface area (Å²) in [7, 11) is 1.74. The fourth-order valence-electron chi connectivity index (χ4n) is 3.04. The van der Waals surface area contributed by atoms with Gasteiger partial charge in [-0.1, -0.05) is 31.4 Å². The standard InChI is InChI=1S/C16H26N2O/c1-19-16-10-6-5-9-15(16)18(12-11-17)13-14-7-3-2-4-8-14/h5-6,9-10,14H,2-4,7-8,11-13,17H2,1H3. The highest BCUT2D eigenvalue weighted by Gasteiger charge is 2.19. The van der Waals surface area contributed by atoms with E-state index in [4.69, 9.17) is 10.5 Å². The summed E-state index contributed by atoms with van der Waals surface area (Å²) in [5.41, 5.74) is 6.96. The fourth-order valence-corrected chi connectivity index (χ4v) is 3.04. The van der Waals surface area contributed by atoms with Crippen molar-refractivity contribution in [2.24, 2.45) is 11.7 Å². The number of rotatable bonds is 6. The Kier molecular flexibility index (Phi) is 5.52. The number of nitrogens with two attached hydrogens (primary N) is 1. The molecule has 0 amide bonds. The van der Waals surface area contributed by atoms with E-state index in [1.807, 2.05) is 12.1 Å². The maximum absolute atomic E-state index is 5.78. The number of benzene rings is 1. The number of hydrogen-bond acceptors (Lipinski definition) is 3. The largest absolute Gasteiger partial charge is 0.495 e. The van der Waals surface area contributed by atoms with Gasteiger partial charge in [0.15, 0.2) is 0 Å². The molecule has 0 radical (unpaired) electrons. The van der Waals surface area contributed by atoms with Gasteiger partial charge in [-0.2, -0.15) is 0 Å². The Balaban J connectivity index is 2.09. The van der Waals surface area contributed by atoms with Crippen molar-refractivity contribution >= 4 is 5.69 Å². The zero-order valence-electron chi connectivity index (χ0n) is 12.0. The normalized spacial score (nSPS) is 16.3. The van der Waals surface area contributed by atoms with Gasteiger partial charge in [-0.3, -0.25) is 0 Å². The molecular weight excluding hydrogens is 236 g/mol. The van der Waals surface area contributed by atoms with Gasteiger partial charge in [-0.25, -0.2) is 0 Å². The van der Waals surface area contributed by atoms with Gasteiger partial charge in [-0.05, 0) is 30.9 Å². The lowest BCUT2D eigenvalue weighted by Gasteiger charge is -2.32. The van der Waals surface area contributed by atoms with E-state index in [0.29, 0.717) is 6.54 Å². The highest BCUT2D eigenvalue weighted by Crippen LogP contribution is 2.31. The molecule has 0 aliphatic heterocycles. The number of para-hydroxylation sites is 2. The zero-order chi connectivity index (χ0) is 13.5. The van der Waals surface area contributed by atoms with Crippen LogP contribution in [0.5, 0.6) is 5.75 Å². The number of methoxy groups -OCH3 is 1. The average molecular weight is 262 g/mol. The summed E-state index contributed by atoms with van der Waals surface area (Å²) in [5, 5.41) is 0. The molecule has 0 atom stereocenters. The molecule has 3 nitrogen and oxygen atoms in total. The minimum absolute atomic E-state index is 0.685. The third kappa shape index (κ3) is 3.87. The molecule has 0 bridgehead atoms. The first kappa shape index (κ1) is 14.2. The molecule has 106 valence electrons.